The van der Waals surface area contributed by atoms with Crippen LogP contribution in [-0.4, -0.2) is 18.4 Å². The Kier molecular flexibility index (Phi) is 6.30. The summed E-state index contributed by atoms with van der Waals surface area (Å²) in [5, 5.41) is 5.31. The molecule has 0 unspecified atom stereocenters. The summed E-state index contributed by atoms with van der Waals surface area (Å²) in [6.07, 6.45) is -0.0267. The first-order valence-electron chi connectivity index (χ1n) is 7.30. The molecule has 25 heavy (non-hydrogen) atoms. The topological polar surface area (TPSA) is 67.4 Å². The highest BCUT2D eigenvalue weighted by Gasteiger charge is 2.13. The number of hydrogen-bond acceptors (Lipinski definition) is 3. The second kappa shape index (κ2) is 8.43. The van der Waals surface area contributed by atoms with Gasteiger partial charge in [0.1, 0.15) is 5.75 Å². The van der Waals surface area contributed by atoms with E-state index in [1.165, 1.54) is 6.92 Å². The van der Waals surface area contributed by atoms with E-state index < -0.39 is 23.4 Å². The van der Waals surface area contributed by atoms with Crippen molar-refractivity contribution in [2.45, 2.75) is 13.3 Å². The molecular formula is C17H15ClF2N2O3. The summed E-state index contributed by atoms with van der Waals surface area (Å²) >= 11 is 5.75. The molecule has 0 saturated carbocycles. The second-order valence-corrected chi connectivity index (χ2v) is 5.53. The Morgan fingerprint density at radius 2 is 1.60 bits per heavy atom. The van der Waals surface area contributed by atoms with Gasteiger partial charge < -0.3 is 15.4 Å². The van der Waals surface area contributed by atoms with Crippen molar-refractivity contribution in [3.05, 3.63) is 53.1 Å². The summed E-state index contributed by atoms with van der Waals surface area (Å²) in [5.74, 6) is -2.68. The van der Waals surface area contributed by atoms with E-state index in [9.17, 15) is 18.4 Å². The zero-order chi connectivity index (χ0) is 18.4. The molecule has 2 aromatic rings. The Labute approximate surface area is 147 Å². The van der Waals surface area contributed by atoms with Gasteiger partial charge in [-0.3, -0.25) is 9.59 Å². The van der Waals surface area contributed by atoms with Crippen molar-refractivity contribution in [1.82, 2.24) is 0 Å². The molecule has 0 heterocycles. The maximum Gasteiger partial charge on any atom is 0.227 e. The second-order valence-electron chi connectivity index (χ2n) is 5.09. The van der Waals surface area contributed by atoms with E-state index in [0.717, 1.165) is 12.1 Å². The maximum absolute atomic E-state index is 13.4. The lowest BCUT2D eigenvalue weighted by atomic mass is 10.2. The van der Waals surface area contributed by atoms with Crippen molar-refractivity contribution >= 4 is 34.8 Å². The fourth-order valence-electron chi connectivity index (χ4n) is 1.95. The van der Waals surface area contributed by atoms with Crippen LogP contribution in [0.2, 0.25) is 5.02 Å². The molecule has 2 rings (SSSR count). The fourth-order valence-corrected chi connectivity index (χ4v) is 2.07. The van der Waals surface area contributed by atoms with Gasteiger partial charge >= 0.3 is 0 Å². The number of rotatable bonds is 6. The van der Waals surface area contributed by atoms with Gasteiger partial charge in [-0.25, -0.2) is 8.78 Å². The van der Waals surface area contributed by atoms with E-state index >= 15 is 0 Å². The first kappa shape index (κ1) is 18.7. The van der Waals surface area contributed by atoms with Gasteiger partial charge in [0.05, 0.1) is 24.4 Å². The van der Waals surface area contributed by atoms with Crippen molar-refractivity contribution < 1.29 is 23.1 Å². The molecule has 0 atom stereocenters. The van der Waals surface area contributed by atoms with Gasteiger partial charge in [0.25, 0.3) is 0 Å². The molecule has 0 saturated heterocycles. The number of anilines is 2. The lowest BCUT2D eigenvalue weighted by Crippen LogP contribution is -2.17. The lowest BCUT2D eigenvalue weighted by Gasteiger charge is -2.12. The third-order valence-electron chi connectivity index (χ3n) is 3.06. The molecule has 0 aliphatic heterocycles. The largest absolute Gasteiger partial charge is 0.493 e. The zero-order valence-electron chi connectivity index (χ0n) is 13.2. The number of carbonyl (C=O) groups excluding carboxylic acids is 2. The fraction of sp³-hybridized carbons (Fsp3) is 0.176. The quantitative estimate of drug-likeness (QED) is 0.810. The molecule has 5 nitrogen and oxygen atoms in total. The molecule has 2 amide bonds. The number of halogens is 3. The standard InChI is InChI=1S/C17H15ClF2N2O3/c1-10(23)21-15-8-13(19)14(20)9-16(15)22-17(24)6-7-25-12-4-2-11(18)3-5-12/h2-5,8-9H,6-7H2,1H3,(H,21,23)(H,22,24). The van der Waals surface area contributed by atoms with Crippen LogP contribution in [0.3, 0.4) is 0 Å². The highest BCUT2D eigenvalue weighted by Crippen LogP contribution is 2.25. The van der Waals surface area contributed by atoms with Crippen LogP contribution in [-0.2, 0) is 9.59 Å². The molecule has 132 valence electrons. The molecule has 0 aliphatic rings. The van der Waals surface area contributed by atoms with E-state index in [4.69, 9.17) is 16.3 Å². The SMILES string of the molecule is CC(=O)Nc1cc(F)c(F)cc1NC(=O)CCOc1ccc(Cl)cc1. The smallest absolute Gasteiger partial charge is 0.227 e. The van der Waals surface area contributed by atoms with E-state index in [1.807, 2.05) is 0 Å². The minimum atomic E-state index is -1.14. The molecular weight excluding hydrogens is 354 g/mol. The Balaban J connectivity index is 1.96. The van der Waals surface area contributed by atoms with E-state index in [-0.39, 0.29) is 24.4 Å². The van der Waals surface area contributed by atoms with Crippen molar-refractivity contribution in [3.8, 4) is 5.75 Å². The van der Waals surface area contributed by atoms with Crippen LogP contribution in [0.4, 0.5) is 20.2 Å². The van der Waals surface area contributed by atoms with Crippen LogP contribution in [0.25, 0.3) is 0 Å². The number of amides is 2. The summed E-state index contributed by atoms with van der Waals surface area (Å²) in [6, 6.07) is 8.22. The van der Waals surface area contributed by atoms with Gasteiger partial charge in [-0.15, -0.1) is 0 Å². The van der Waals surface area contributed by atoms with Crippen molar-refractivity contribution in [2.75, 3.05) is 17.2 Å². The Morgan fingerprint density at radius 3 is 2.16 bits per heavy atom. The molecule has 2 aromatic carbocycles. The van der Waals surface area contributed by atoms with Crippen LogP contribution in [0.1, 0.15) is 13.3 Å². The highest BCUT2D eigenvalue weighted by atomic mass is 35.5. The summed E-state index contributed by atoms with van der Waals surface area (Å²) in [7, 11) is 0. The average Bonchev–Trinajstić information content (AvgIpc) is 2.53. The summed E-state index contributed by atoms with van der Waals surface area (Å²) in [6.45, 7) is 1.29. The number of benzene rings is 2. The van der Waals surface area contributed by atoms with E-state index in [2.05, 4.69) is 10.6 Å². The van der Waals surface area contributed by atoms with Crippen molar-refractivity contribution in [3.63, 3.8) is 0 Å². The first-order chi connectivity index (χ1) is 11.8. The average molecular weight is 369 g/mol. The third kappa shape index (κ3) is 5.72. The molecule has 0 aromatic heterocycles. The molecule has 0 fully saturated rings. The minimum Gasteiger partial charge on any atom is -0.493 e. The number of ether oxygens (including phenoxy) is 1. The van der Waals surface area contributed by atoms with Crippen LogP contribution >= 0.6 is 11.6 Å². The van der Waals surface area contributed by atoms with Crippen LogP contribution in [0, 0.1) is 11.6 Å². The molecule has 8 heteroatoms. The molecule has 2 N–H and O–H groups in total. The van der Waals surface area contributed by atoms with E-state index in [1.54, 1.807) is 24.3 Å². The van der Waals surface area contributed by atoms with E-state index in [0.29, 0.717) is 10.8 Å². The minimum absolute atomic E-state index is 0.0267. The number of hydrogen-bond donors (Lipinski definition) is 2. The number of carbonyl (C=O) groups is 2. The van der Waals surface area contributed by atoms with Crippen molar-refractivity contribution in [1.29, 1.82) is 0 Å². The number of nitrogens with one attached hydrogen (secondary N) is 2. The summed E-state index contributed by atoms with van der Waals surface area (Å²) in [4.78, 5) is 23.1. The third-order valence-corrected chi connectivity index (χ3v) is 3.31. The molecule has 0 radical (unpaired) electrons. The highest BCUT2D eigenvalue weighted by molar-refractivity contribution is 6.30. The summed E-state index contributed by atoms with van der Waals surface area (Å²) in [5.41, 5.74) is -0.0658. The van der Waals surface area contributed by atoms with Crippen LogP contribution < -0.4 is 15.4 Å². The van der Waals surface area contributed by atoms with Gasteiger partial charge in [0, 0.05) is 24.1 Å². The Bertz CT molecular complexity index is 782. The Hall–Kier alpha value is -2.67. The van der Waals surface area contributed by atoms with Gasteiger partial charge in [-0.05, 0) is 24.3 Å². The normalized spacial score (nSPS) is 10.2. The van der Waals surface area contributed by atoms with Gasteiger partial charge in [0.2, 0.25) is 11.8 Å². The first-order valence-corrected chi connectivity index (χ1v) is 7.68. The zero-order valence-corrected chi connectivity index (χ0v) is 14.0. The van der Waals surface area contributed by atoms with Crippen LogP contribution in [0.5, 0.6) is 5.75 Å². The monoisotopic (exact) mass is 368 g/mol. The predicted octanol–water partition coefficient (Wildman–Crippen LogP) is 3.98. The predicted molar refractivity (Wildman–Crippen MR) is 90.9 cm³/mol. The lowest BCUT2D eigenvalue weighted by molar-refractivity contribution is -0.117. The summed E-state index contributed by atoms with van der Waals surface area (Å²) < 4.78 is 32.1. The molecule has 0 aliphatic carbocycles. The molecule has 0 spiro atoms. The Morgan fingerprint density at radius 1 is 1.04 bits per heavy atom. The maximum atomic E-state index is 13.4. The van der Waals surface area contributed by atoms with Gasteiger partial charge in [0.15, 0.2) is 11.6 Å². The van der Waals surface area contributed by atoms with Crippen LogP contribution in [0.15, 0.2) is 36.4 Å². The van der Waals surface area contributed by atoms with Crippen molar-refractivity contribution in [2.24, 2.45) is 0 Å². The van der Waals surface area contributed by atoms with Gasteiger partial charge in [-0.2, -0.15) is 0 Å². The van der Waals surface area contributed by atoms with Gasteiger partial charge in [-0.1, -0.05) is 11.6 Å². The molecule has 0 bridgehead atoms.